The van der Waals surface area contributed by atoms with E-state index in [0.29, 0.717) is 22.8 Å². The van der Waals surface area contributed by atoms with Gasteiger partial charge in [-0.2, -0.15) is 5.26 Å². The van der Waals surface area contributed by atoms with E-state index >= 15 is 0 Å². The topological polar surface area (TPSA) is 68.3 Å². The molecule has 0 unspecified atom stereocenters. The van der Waals surface area contributed by atoms with Gasteiger partial charge in [0.05, 0.1) is 24.9 Å². The number of rotatable bonds is 4. The molecule has 2 rings (SSSR count). The van der Waals surface area contributed by atoms with Crippen LogP contribution in [0.5, 0.6) is 11.5 Å². The molecule has 1 heterocycles. The minimum absolute atomic E-state index is 0.266. The molecule has 0 N–H and O–H groups in total. The van der Waals surface area contributed by atoms with E-state index in [1.807, 2.05) is 6.07 Å². The lowest BCUT2D eigenvalue weighted by molar-refractivity contribution is 0.239. The highest BCUT2D eigenvalue weighted by molar-refractivity contribution is 5.46. The van der Waals surface area contributed by atoms with Crippen LogP contribution in [0.15, 0.2) is 35.0 Å². The Balaban J connectivity index is 2.13. The Bertz CT molecular complexity index is 529. The lowest BCUT2D eigenvalue weighted by Gasteiger charge is -2.09. The van der Waals surface area contributed by atoms with Crippen LogP contribution in [0.25, 0.3) is 0 Å². The molecular formula is C12H10N2O3. The molecule has 5 heteroatoms. The first-order chi connectivity index (χ1) is 8.33. The average Bonchev–Trinajstić information content (AvgIpc) is 2.89. The summed E-state index contributed by atoms with van der Waals surface area (Å²) in [4.78, 5) is 0. The SMILES string of the molecule is COc1cc(C#N)ccc1OCc1ccno1. The third-order valence-corrected chi connectivity index (χ3v) is 2.15. The molecule has 2 aromatic rings. The van der Waals surface area contributed by atoms with Gasteiger partial charge >= 0.3 is 0 Å². The highest BCUT2D eigenvalue weighted by Gasteiger charge is 2.07. The third kappa shape index (κ3) is 2.55. The highest BCUT2D eigenvalue weighted by Crippen LogP contribution is 2.28. The number of nitriles is 1. The van der Waals surface area contributed by atoms with Crippen LogP contribution in [0.3, 0.4) is 0 Å². The van der Waals surface area contributed by atoms with Crippen molar-refractivity contribution < 1.29 is 14.0 Å². The molecular weight excluding hydrogens is 220 g/mol. The van der Waals surface area contributed by atoms with Crippen LogP contribution in [0.4, 0.5) is 0 Å². The Labute approximate surface area is 98.2 Å². The van der Waals surface area contributed by atoms with Crippen molar-refractivity contribution >= 4 is 0 Å². The van der Waals surface area contributed by atoms with Crippen molar-refractivity contribution in [2.75, 3.05) is 7.11 Å². The number of hydrogen-bond donors (Lipinski definition) is 0. The van der Waals surface area contributed by atoms with E-state index in [-0.39, 0.29) is 6.61 Å². The minimum atomic E-state index is 0.266. The van der Waals surface area contributed by atoms with Crippen LogP contribution in [0.1, 0.15) is 11.3 Å². The molecule has 1 aromatic carbocycles. The molecule has 0 atom stereocenters. The third-order valence-electron chi connectivity index (χ3n) is 2.15. The van der Waals surface area contributed by atoms with E-state index in [2.05, 4.69) is 5.16 Å². The molecule has 5 nitrogen and oxygen atoms in total. The maximum absolute atomic E-state index is 8.76. The van der Waals surface area contributed by atoms with Gasteiger partial charge in [0.2, 0.25) is 0 Å². The molecule has 0 amide bonds. The fourth-order valence-electron chi connectivity index (χ4n) is 1.32. The smallest absolute Gasteiger partial charge is 0.174 e. The van der Waals surface area contributed by atoms with Crippen LogP contribution >= 0.6 is 0 Å². The van der Waals surface area contributed by atoms with Crippen molar-refractivity contribution in [3.8, 4) is 17.6 Å². The summed E-state index contributed by atoms with van der Waals surface area (Å²) in [6.07, 6.45) is 1.55. The van der Waals surface area contributed by atoms with Crippen molar-refractivity contribution in [1.82, 2.24) is 5.16 Å². The molecule has 86 valence electrons. The van der Waals surface area contributed by atoms with Gasteiger partial charge in [-0.15, -0.1) is 0 Å². The summed E-state index contributed by atoms with van der Waals surface area (Å²) >= 11 is 0. The van der Waals surface area contributed by atoms with E-state index < -0.39 is 0 Å². The standard InChI is InChI=1S/C12H10N2O3/c1-15-12-6-9(7-13)2-3-11(12)16-8-10-4-5-14-17-10/h2-6H,8H2,1H3. The van der Waals surface area contributed by atoms with Gasteiger partial charge in [-0.3, -0.25) is 0 Å². The number of nitrogens with zero attached hydrogens (tertiary/aromatic N) is 2. The van der Waals surface area contributed by atoms with Gasteiger partial charge in [0.25, 0.3) is 0 Å². The molecule has 0 aliphatic carbocycles. The fourth-order valence-corrected chi connectivity index (χ4v) is 1.32. The molecule has 0 fully saturated rings. The first-order valence-corrected chi connectivity index (χ1v) is 4.94. The predicted octanol–water partition coefficient (Wildman–Crippen LogP) is 2.13. The van der Waals surface area contributed by atoms with Crippen LogP contribution in [-0.4, -0.2) is 12.3 Å². The van der Waals surface area contributed by atoms with Gasteiger partial charge in [-0.05, 0) is 12.1 Å². The molecule has 0 bridgehead atoms. The van der Waals surface area contributed by atoms with Crippen LogP contribution in [0, 0.1) is 11.3 Å². The van der Waals surface area contributed by atoms with Gasteiger partial charge in [0.15, 0.2) is 17.3 Å². The zero-order chi connectivity index (χ0) is 12.1. The second-order valence-electron chi connectivity index (χ2n) is 3.24. The molecule has 17 heavy (non-hydrogen) atoms. The quantitative estimate of drug-likeness (QED) is 0.804. The maximum Gasteiger partial charge on any atom is 0.174 e. The van der Waals surface area contributed by atoms with Gasteiger partial charge in [-0.1, -0.05) is 5.16 Å². The predicted molar refractivity (Wildman–Crippen MR) is 58.5 cm³/mol. The van der Waals surface area contributed by atoms with Crippen LogP contribution in [-0.2, 0) is 6.61 Å². The highest BCUT2D eigenvalue weighted by atomic mass is 16.5. The lowest BCUT2D eigenvalue weighted by atomic mass is 10.2. The zero-order valence-corrected chi connectivity index (χ0v) is 9.21. The van der Waals surface area contributed by atoms with Crippen molar-refractivity contribution in [1.29, 1.82) is 5.26 Å². The van der Waals surface area contributed by atoms with E-state index in [1.54, 1.807) is 30.5 Å². The van der Waals surface area contributed by atoms with Crippen LogP contribution < -0.4 is 9.47 Å². The minimum Gasteiger partial charge on any atom is -0.493 e. The lowest BCUT2D eigenvalue weighted by Crippen LogP contribution is -1.97. The number of methoxy groups -OCH3 is 1. The molecule has 0 aliphatic heterocycles. The van der Waals surface area contributed by atoms with Crippen molar-refractivity contribution in [2.45, 2.75) is 6.61 Å². The van der Waals surface area contributed by atoms with Crippen molar-refractivity contribution in [3.05, 3.63) is 41.8 Å². The molecule has 0 saturated carbocycles. The summed E-state index contributed by atoms with van der Waals surface area (Å²) in [6.45, 7) is 0.266. The Morgan fingerprint density at radius 1 is 1.35 bits per heavy atom. The molecule has 0 spiro atoms. The monoisotopic (exact) mass is 230 g/mol. The summed E-state index contributed by atoms with van der Waals surface area (Å²) in [7, 11) is 1.53. The summed E-state index contributed by atoms with van der Waals surface area (Å²) in [5.74, 6) is 1.70. The molecule has 0 saturated heterocycles. The summed E-state index contributed by atoms with van der Waals surface area (Å²) in [5.41, 5.74) is 0.522. The number of aromatic nitrogens is 1. The molecule has 0 aliphatic rings. The van der Waals surface area contributed by atoms with E-state index in [4.69, 9.17) is 19.3 Å². The Morgan fingerprint density at radius 3 is 2.88 bits per heavy atom. The molecule has 0 radical (unpaired) electrons. The first-order valence-electron chi connectivity index (χ1n) is 4.94. The molecule has 1 aromatic heterocycles. The number of benzene rings is 1. The van der Waals surface area contributed by atoms with Gasteiger partial charge in [0, 0.05) is 12.1 Å². The summed E-state index contributed by atoms with van der Waals surface area (Å²) in [5, 5.41) is 12.3. The zero-order valence-electron chi connectivity index (χ0n) is 9.21. The maximum atomic E-state index is 8.76. The average molecular weight is 230 g/mol. The summed E-state index contributed by atoms with van der Waals surface area (Å²) < 4.78 is 15.5. The number of hydrogen-bond acceptors (Lipinski definition) is 5. The van der Waals surface area contributed by atoms with Crippen molar-refractivity contribution in [3.63, 3.8) is 0 Å². The summed E-state index contributed by atoms with van der Waals surface area (Å²) in [6, 6.07) is 8.73. The normalized spacial score (nSPS) is 9.65. The van der Waals surface area contributed by atoms with Crippen molar-refractivity contribution in [2.24, 2.45) is 0 Å². The largest absolute Gasteiger partial charge is 0.493 e. The second-order valence-corrected chi connectivity index (χ2v) is 3.24. The van der Waals surface area contributed by atoms with Crippen LogP contribution in [0.2, 0.25) is 0 Å². The van der Waals surface area contributed by atoms with Gasteiger partial charge in [0.1, 0.15) is 6.61 Å². The Kier molecular flexibility index (Phi) is 3.26. The van der Waals surface area contributed by atoms with Gasteiger partial charge in [-0.25, -0.2) is 0 Å². The van der Waals surface area contributed by atoms with Gasteiger partial charge < -0.3 is 14.0 Å². The Morgan fingerprint density at radius 2 is 2.24 bits per heavy atom. The van der Waals surface area contributed by atoms with E-state index in [1.165, 1.54) is 7.11 Å². The first kappa shape index (κ1) is 11.0. The second kappa shape index (κ2) is 5.03. The van der Waals surface area contributed by atoms with E-state index in [0.717, 1.165) is 0 Å². The van der Waals surface area contributed by atoms with E-state index in [9.17, 15) is 0 Å². The Hall–Kier alpha value is -2.48. The number of ether oxygens (including phenoxy) is 2. The fraction of sp³-hybridized carbons (Fsp3) is 0.167.